The van der Waals surface area contributed by atoms with E-state index in [0.717, 1.165) is 12.8 Å². The lowest BCUT2D eigenvalue weighted by atomic mass is 9.95. The number of primary amides is 1. The third kappa shape index (κ3) is 5.40. The summed E-state index contributed by atoms with van der Waals surface area (Å²) in [4.78, 5) is 21.9. The fourth-order valence-electron chi connectivity index (χ4n) is 1.97. The van der Waals surface area contributed by atoms with Crippen molar-refractivity contribution in [2.75, 3.05) is 0 Å². The van der Waals surface area contributed by atoms with Gasteiger partial charge in [0.1, 0.15) is 0 Å². The van der Waals surface area contributed by atoms with Crippen LogP contribution >= 0.6 is 0 Å². The fourth-order valence-corrected chi connectivity index (χ4v) is 1.97. The molecule has 0 heterocycles. The Morgan fingerprint density at radius 2 is 1.80 bits per heavy atom. The van der Waals surface area contributed by atoms with Crippen molar-refractivity contribution in [2.45, 2.75) is 57.4 Å². The molecule has 0 aromatic carbocycles. The quantitative estimate of drug-likeness (QED) is 0.716. The average molecular weight is 212 g/mol. The van der Waals surface area contributed by atoms with E-state index in [1.807, 2.05) is 0 Å². The Bertz CT molecular complexity index is 223. The first kappa shape index (κ1) is 12.0. The van der Waals surface area contributed by atoms with Gasteiger partial charge in [-0.25, -0.2) is 0 Å². The lowest BCUT2D eigenvalue weighted by molar-refractivity contribution is -0.122. The summed E-state index contributed by atoms with van der Waals surface area (Å²) >= 11 is 0. The second-order valence-electron chi connectivity index (χ2n) is 4.22. The van der Waals surface area contributed by atoms with Crippen LogP contribution in [0.5, 0.6) is 0 Å². The molecule has 1 fully saturated rings. The number of nitrogens with two attached hydrogens (primary N) is 1. The molecular weight excluding hydrogens is 192 g/mol. The summed E-state index contributed by atoms with van der Waals surface area (Å²) in [6.45, 7) is 0. The van der Waals surface area contributed by atoms with Crippen molar-refractivity contribution in [1.82, 2.24) is 5.32 Å². The molecule has 1 rings (SSSR count). The molecule has 4 nitrogen and oxygen atoms in total. The van der Waals surface area contributed by atoms with E-state index < -0.39 is 0 Å². The number of hydrogen-bond donors (Lipinski definition) is 2. The molecule has 1 saturated carbocycles. The van der Waals surface area contributed by atoms with Crippen molar-refractivity contribution in [3.8, 4) is 0 Å². The first-order valence-corrected chi connectivity index (χ1v) is 5.76. The smallest absolute Gasteiger partial charge is 0.220 e. The Morgan fingerprint density at radius 3 is 2.40 bits per heavy atom. The van der Waals surface area contributed by atoms with Crippen LogP contribution in [0.2, 0.25) is 0 Å². The van der Waals surface area contributed by atoms with Gasteiger partial charge in [0.15, 0.2) is 0 Å². The standard InChI is InChI=1S/C11H20N2O2/c12-10(14)7-4-8-11(15)13-9-5-2-1-3-6-9/h9H,1-8H2,(H2,12,14)(H,13,15). The monoisotopic (exact) mass is 212 g/mol. The van der Waals surface area contributed by atoms with Crippen LogP contribution in [0.3, 0.4) is 0 Å². The molecule has 0 spiro atoms. The van der Waals surface area contributed by atoms with E-state index in [0.29, 0.717) is 25.3 Å². The molecule has 0 aromatic rings. The van der Waals surface area contributed by atoms with E-state index in [4.69, 9.17) is 5.73 Å². The molecule has 2 amide bonds. The van der Waals surface area contributed by atoms with E-state index >= 15 is 0 Å². The van der Waals surface area contributed by atoms with Crippen molar-refractivity contribution in [2.24, 2.45) is 5.73 Å². The number of hydrogen-bond acceptors (Lipinski definition) is 2. The van der Waals surface area contributed by atoms with Gasteiger partial charge in [-0.1, -0.05) is 19.3 Å². The summed E-state index contributed by atoms with van der Waals surface area (Å²) in [5, 5.41) is 3.00. The van der Waals surface area contributed by atoms with Crippen LogP contribution in [0.4, 0.5) is 0 Å². The van der Waals surface area contributed by atoms with Crippen LogP contribution in [0.1, 0.15) is 51.4 Å². The molecule has 0 bridgehead atoms. The second-order valence-corrected chi connectivity index (χ2v) is 4.22. The molecule has 15 heavy (non-hydrogen) atoms. The number of rotatable bonds is 5. The van der Waals surface area contributed by atoms with E-state index in [1.54, 1.807) is 0 Å². The van der Waals surface area contributed by atoms with Crippen LogP contribution < -0.4 is 11.1 Å². The Kier molecular flexibility index (Phi) is 5.15. The lowest BCUT2D eigenvalue weighted by Gasteiger charge is -2.22. The van der Waals surface area contributed by atoms with Gasteiger partial charge in [0.2, 0.25) is 11.8 Å². The topological polar surface area (TPSA) is 72.2 Å². The summed E-state index contributed by atoms with van der Waals surface area (Å²) in [6.07, 6.45) is 7.20. The highest BCUT2D eigenvalue weighted by atomic mass is 16.2. The SMILES string of the molecule is NC(=O)CCCC(=O)NC1CCCCC1. The maximum Gasteiger partial charge on any atom is 0.220 e. The summed E-state index contributed by atoms with van der Waals surface area (Å²) < 4.78 is 0. The lowest BCUT2D eigenvalue weighted by Crippen LogP contribution is -2.36. The predicted octanol–water partition coefficient (Wildman–Crippen LogP) is 1.09. The van der Waals surface area contributed by atoms with E-state index in [9.17, 15) is 9.59 Å². The van der Waals surface area contributed by atoms with Crippen molar-refractivity contribution in [1.29, 1.82) is 0 Å². The summed E-state index contributed by atoms with van der Waals surface area (Å²) in [7, 11) is 0. The molecule has 0 aliphatic heterocycles. The number of amides is 2. The van der Waals surface area contributed by atoms with Gasteiger partial charge in [-0.15, -0.1) is 0 Å². The van der Waals surface area contributed by atoms with Crippen LogP contribution in [-0.4, -0.2) is 17.9 Å². The largest absolute Gasteiger partial charge is 0.370 e. The van der Waals surface area contributed by atoms with E-state index in [1.165, 1.54) is 19.3 Å². The predicted molar refractivity (Wildman–Crippen MR) is 58.1 cm³/mol. The number of carbonyl (C=O) groups excluding carboxylic acids is 2. The van der Waals surface area contributed by atoms with Crippen LogP contribution in [0.15, 0.2) is 0 Å². The van der Waals surface area contributed by atoms with Gasteiger partial charge in [0, 0.05) is 18.9 Å². The van der Waals surface area contributed by atoms with Crippen molar-refractivity contribution >= 4 is 11.8 Å². The van der Waals surface area contributed by atoms with Gasteiger partial charge in [0.25, 0.3) is 0 Å². The van der Waals surface area contributed by atoms with Gasteiger partial charge in [0.05, 0.1) is 0 Å². The maximum absolute atomic E-state index is 11.4. The number of carbonyl (C=O) groups is 2. The van der Waals surface area contributed by atoms with Crippen LogP contribution in [0.25, 0.3) is 0 Å². The Morgan fingerprint density at radius 1 is 1.13 bits per heavy atom. The van der Waals surface area contributed by atoms with Crippen molar-refractivity contribution < 1.29 is 9.59 Å². The molecule has 4 heteroatoms. The highest BCUT2D eigenvalue weighted by Crippen LogP contribution is 2.17. The highest BCUT2D eigenvalue weighted by molar-refractivity contribution is 5.78. The molecule has 86 valence electrons. The zero-order valence-corrected chi connectivity index (χ0v) is 9.13. The molecule has 0 radical (unpaired) electrons. The summed E-state index contributed by atoms with van der Waals surface area (Å²) in [5.74, 6) is -0.274. The first-order chi connectivity index (χ1) is 7.18. The second kappa shape index (κ2) is 6.43. The van der Waals surface area contributed by atoms with Gasteiger partial charge in [-0.2, -0.15) is 0 Å². The van der Waals surface area contributed by atoms with E-state index in [-0.39, 0.29) is 11.8 Å². The summed E-state index contributed by atoms with van der Waals surface area (Å²) in [5.41, 5.74) is 4.99. The summed E-state index contributed by atoms with van der Waals surface area (Å²) in [6, 6.07) is 0.361. The third-order valence-electron chi connectivity index (χ3n) is 2.80. The van der Waals surface area contributed by atoms with Crippen molar-refractivity contribution in [3.63, 3.8) is 0 Å². The Labute approximate surface area is 90.6 Å². The first-order valence-electron chi connectivity index (χ1n) is 5.76. The minimum atomic E-state index is -0.333. The zero-order chi connectivity index (χ0) is 11.1. The fraction of sp³-hybridized carbons (Fsp3) is 0.818. The Hall–Kier alpha value is -1.06. The van der Waals surface area contributed by atoms with Crippen LogP contribution in [0, 0.1) is 0 Å². The number of nitrogens with one attached hydrogen (secondary N) is 1. The molecule has 1 aliphatic rings. The molecule has 0 aromatic heterocycles. The van der Waals surface area contributed by atoms with Crippen LogP contribution in [-0.2, 0) is 9.59 Å². The zero-order valence-electron chi connectivity index (χ0n) is 9.13. The molecule has 0 atom stereocenters. The average Bonchev–Trinajstić information content (AvgIpc) is 2.18. The molecule has 3 N–H and O–H groups in total. The normalized spacial score (nSPS) is 17.3. The molecular formula is C11H20N2O2. The van der Waals surface area contributed by atoms with Gasteiger partial charge in [-0.05, 0) is 19.3 Å². The minimum Gasteiger partial charge on any atom is -0.370 e. The maximum atomic E-state index is 11.4. The molecule has 0 saturated heterocycles. The molecule has 1 aliphatic carbocycles. The van der Waals surface area contributed by atoms with Gasteiger partial charge < -0.3 is 11.1 Å². The third-order valence-corrected chi connectivity index (χ3v) is 2.80. The van der Waals surface area contributed by atoms with E-state index in [2.05, 4.69) is 5.32 Å². The van der Waals surface area contributed by atoms with Gasteiger partial charge >= 0.3 is 0 Å². The Balaban J connectivity index is 2.09. The highest BCUT2D eigenvalue weighted by Gasteiger charge is 2.15. The van der Waals surface area contributed by atoms with Gasteiger partial charge in [-0.3, -0.25) is 9.59 Å². The molecule has 0 unspecified atom stereocenters. The van der Waals surface area contributed by atoms with Crippen molar-refractivity contribution in [3.05, 3.63) is 0 Å². The minimum absolute atomic E-state index is 0.0585.